The predicted molar refractivity (Wildman–Crippen MR) is 100 cm³/mol. The van der Waals surface area contributed by atoms with Crippen LogP contribution in [-0.4, -0.2) is 57.3 Å². The highest BCUT2D eigenvalue weighted by Crippen LogP contribution is 2.25. The van der Waals surface area contributed by atoms with Crippen molar-refractivity contribution in [3.05, 3.63) is 12.2 Å². The summed E-state index contributed by atoms with van der Waals surface area (Å²) in [5.41, 5.74) is 0. The molecule has 1 aliphatic carbocycles. The van der Waals surface area contributed by atoms with Crippen LogP contribution in [0.1, 0.15) is 57.7 Å². The molecular formula is C18H33N7. The molecule has 0 bridgehead atoms. The molecule has 0 unspecified atom stereocenters. The molecule has 0 atom stereocenters. The molecule has 140 valence electrons. The Labute approximate surface area is 151 Å². The second-order valence-electron chi connectivity index (χ2n) is 7.24. The van der Waals surface area contributed by atoms with E-state index in [9.17, 15) is 0 Å². The van der Waals surface area contributed by atoms with Gasteiger partial charge in [-0.1, -0.05) is 19.3 Å². The molecule has 0 spiro atoms. The molecule has 1 saturated carbocycles. The number of hydrogen-bond donors (Lipinski definition) is 2. The minimum Gasteiger partial charge on any atom is -0.357 e. The van der Waals surface area contributed by atoms with Crippen LogP contribution in [0.15, 0.2) is 11.3 Å². The molecule has 1 aromatic heterocycles. The van der Waals surface area contributed by atoms with Gasteiger partial charge in [0.25, 0.3) is 0 Å². The molecule has 0 amide bonds. The quantitative estimate of drug-likeness (QED) is 0.626. The number of aromatic nitrogens is 3. The van der Waals surface area contributed by atoms with Crippen LogP contribution < -0.4 is 10.6 Å². The topological polar surface area (TPSA) is 70.4 Å². The molecule has 1 saturated heterocycles. The van der Waals surface area contributed by atoms with Gasteiger partial charge < -0.3 is 15.5 Å². The van der Waals surface area contributed by atoms with Gasteiger partial charge in [0.2, 0.25) is 0 Å². The van der Waals surface area contributed by atoms with Gasteiger partial charge in [0.05, 0.1) is 0 Å². The number of piperidine rings is 1. The van der Waals surface area contributed by atoms with E-state index in [0.29, 0.717) is 12.6 Å². The SMILES string of the molecule is CCNC(=NCc1ncnn1C)NC1CCN(C2CCCCC2)CC1. The van der Waals surface area contributed by atoms with Crippen molar-refractivity contribution in [2.45, 2.75) is 70.5 Å². The standard InChI is InChI=1S/C18H33N7/c1-3-19-18(20-13-17-21-14-22-24(17)2)23-15-9-11-25(12-10-15)16-7-5-4-6-8-16/h14-16H,3-13H2,1-2H3,(H2,19,20,23). The normalized spacial score (nSPS) is 21.4. The van der Waals surface area contributed by atoms with E-state index in [1.165, 1.54) is 58.0 Å². The molecular weight excluding hydrogens is 314 g/mol. The number of hydrogen-bond acceptors (Lipinski definition) is 4. The van der Waals surface area contributed by atoms with Crippen LogP contribution in [0.25, 0.3) is 0 Å². The lowest BCUT2D eigenvalue weighted by molar-refractivity contribution is 0.119. The Kier molecular flexibility index (Phi) is 6.67. The van der Waals surface area contributed by atoms with Crippen molar-refractivity contribution in [2.24, 2.45) is 12.0 Å². The lowest BCUT2D eigenvalue weighted by Gasteiger charge is -2.39. The van der Waals surface area contributed by atoms with Crippen molar-refractivity contribution in [1.29, 1.82) is 0 Å². The third kappa shape index (κ3) is 5.17. The molecule has 2 N–H and O–H groups in total. The van der Waals surface area contributed by atoms with Crippen LogP contribution in [0.2, 0.25) is 0 Å². The Morgan fingerprint density at radius 1 is 1.20 bits per heavy atom. The van der Waals surface area contributed by atoms with Crippen molar-refractivity contribution >= 4 is 5.96 Å². The zero-order valence-corrected chi connectivity index (χ0v) is 15.7. The lowest BCUT2D eigenvalue weighted by Crippen LogP contribution is -2.51. The Bertz CT molecular complexity index is 539. The van der Waals surface area contributed by atoms with E-state index in [4.69, 9.17) is 0 Å². The van der Waals surface area contributed by atoms with E-state index in [1.807, 2.05) is 7.05 Å². The van der Waals surface area contributed by atoms with E-state index in [0.717, 1.165) is 24.4 Å². The van der Waals surface area contributed by atoms with Crippen molar-refractivity contribution in [3.8, 4) is 0 Å². The summed E-state index contributed by atoms with van der Waals surface area (Å²) in [5.74, 6) is 1.77. The van der Waals surface area contributed by atoms with Gasteiger partial charge >= 0.3 is 0 Å². The van der Waals surface area contributed by atoms with E-state index in [-0.39, 0.29) is 0 Å². The van der Waals surface area contributed by atoms with Crippen molar-refractivity contribution in [1.82, 2.24) is 30.3 Å². The Morgan fingerprint density at radius 3 is 2.60 bits per heavy atom. The predicted octanol–water partition coefficient (Wildman–Crippen LogP) is 1.67. The Balaban J connectivity index is 1.48. The highest BCUT2D eigenvalue weighted by molar-refractivity contribution is 5.80. The third-order valence-corrected chi connectivity index (χ3v) is 5.49. The van der Waals surface area contributed by atoms with Crippen molar-refractivity contribution < 1.29 is 0 Å². The lowest BCUT2D eigenvalue weighted by atomic mass is 9.92. The van der Waals surface area contributed by atoms with Crippen LogP contribution in [0, 0.1) is 0 Å². The van der Waals surface area contributed by atoms with E-state index in [1.54, 1.807) is 11.0 Å². The summed E-state index contributed by atoms with van der Waals surface area (Å²) in [4.78, 5) is 11.6. The zero-order chi connectivity index (χ0) is 17.5. The number of rotatable bonds is 5. The first-order valence-corrected chi connectivity index (χ1v) is 9.88. The fraction of sp³-hybridized carbons (Fsp3) is 0.833. The summed E-state index contributed by atoms with van der Waals surface area (Å²) in [6.07, 6.45) is 11.1. The molecule has 1 aromatic rings. The molecule has 2 fully saturated rings. The van der Waals surface area contributed by atoms with Crippen molar-refractivity contribution in [2.75, 3.05) is 19.6 Å². The average molecular weight is 348 g/mol. The maximum absolute atomic E-state index is 4.68. The molecule has 7 heteroatoms. The molecule has 0 radical (unpaired) electrons. The maximum atomic E-state index is 4.68. The van der Waals surface area contributed by atoms with E-state index < -0.39 is 0 Å². The van der Waals surface area contributed by atoms with Gasteiger partial charge in [0, 0.05) is 38.8 Å². The maximum Gasteiger partial charge on any atom is 0.191 e. The first kappa shape index (κ1) is 18.2. The monoisotopic (exact) mass is 347 g/mol. The second kappa shape index (κ2) is 9.17. The third-order valence-electron chi connectivity index (χ3n) is 5.49. The van der Waals surface area contributed by atoms with Gasteiger partial charge in [-0.25, -0.2) is 9.98 Å². The summed E-state index contributed by atoms with van der Waals surface area (Å²) in [6.45, 7) is 5.94. The highest BCUT2D eigenvalue weighted by Gasteiger charge is 2.26. The largest absolute Gasteiger partial charge is 0.357 e. The summed E-state index contributed by atoms with van der Waals surface area (Å²) in [6, 6.07) is 1.35. The number of nitrogens with one attached hydrogen (secondary N) is 2. The van der Waals surface area contributed by atoms with E-state index >= 15 is 0 Å². The summed E-state index contributed by atoms with van der Waals surface area (Å²) < 4.78 is 1.77. The Hall–Kier alpha value is -1.63. The molecule has 25 heavy (non-hydrogen) atoms. The minimum absolute atomic E-state index is 0.511. The van der Waals surface area contributed by atoms with Gasteiger partial charge in [0.15, 0.2) is 5.96 Å². The first-order chi connectivity index (χ1) is 12.3. The fourth-order valence-electron chi connectivity index (χ4n) is 3.98. The number of nitrogens with zero attached hydrogens (tertiary/aromatic N) is 5. The fourth-order valence-corrected chi connectivity index (χ4v) is 3.98. The van der Waals surface area contributed by atoms with Gasteiger partial charge in [-0.2, -0.15) is 5.10 Å². The number of aliphatic imine (C=N–C) groups is 1. The Morgan fingerprint density at radius 2 is 1.96 bits per heavy atom. The molecule has 0 aromatic carbocycles. The minimum atomic E-state index is 0.511. The second-order valence-corrected chi connectivity index (χ2v) is 7.24. The van der Waals surface area contributed by atoms with Crippen LogP contribution in [0.4, 0.5) is 0 Å². The number of guanidine groups is 1. The molecule has 1 aliphatic heterocycles. The van der Waals surface area contributed by atoms with Gasteiger partial charge in [-0.05, 0) is 32.6 Å². The average Bonchev–Trinajstić information content (AvgIpc) is 3.06. The zero-order valence-electron chi connectivity index (χ0n) is 15.7. The van der Waals surface area contributed by atoms with E-state index in [2.05, 4.69) is 37.5 Å². The molecule has 2 aliphatic rings. The summed E-state index contributed by atoms with van der Waals surface area (Å²) in [7, 11) is 1.90. The van der Waals surface area contributed by atoms with Crippen molar-refractivity contribution in [3.63, 3.8) is 0 Å². The van der Waals surface area contributed by atoms with Crippen LogP contribution in [0.5, 0.6) is 0 Å². The molecule has 3 rings (SSSR count). The van der Waals surface area contributed by atoms with Gasteiger partial charge in [-0.3, -0.25) is 4.68 Å². The smallest absolute Gasteiger partial charge is 0.191 e. The van der Waals surface area contributed by atoms with Gasteiger partial charge in [-0.15, -0.1) is 0 Å². The number of likely N-dealkylation sites (tertiary alicyclic amines) is 1. The summed E-state index contributed by atoms with van der Waals surface area (Å²) >= 11 is 0. The van der Waals surface area contributed by atoms with Crippen LogP contribution >= 0.6 is 0 Å². The molecule has 7 nitrogen and oxygen atoms in total. The highest BCUT2D eigenvalue weighted by atomic mass is 15.3. The first-order valence-electron chi connectivity index (χ1n) is 9.88. The number of aryl methyl sites for hydroxylation is 1. The van der Waals surface area contributed by atoms with Crippen LogP contribution in [-0.2, 0) is 13.6 Å². The summed E-state index contributed by atoms with van der Waals surface area (Å²) in [5, 5.41) is 11.1. The molecule has 2 heterocycles. The van der Waals surface area contributed by atoms with Gasteiger partial charge in [0.1, 0.15) is 18.7 Å². The van der Waals surface area contributed by atoms with Crippen LogP contribution in [0.3, 0.4) is 0 Å².